The van der Waals surface area contributed by atoms with E-state index in [1.807, 2.05) is 61.5 Å². The number of rotatable bonds is 14. The molecule has 0 heterocycles. The summed E-state index contributed by atoms with van der Waals surface area (Å²) in [5.74, 6) is -1.78. The summed E-state index contributed by atoms with van der Waals surface area (Å²) in [6.07, 6.45) is 0. The number of amides is 3. The molecule has 0 radical (unpaired) electrons. The smallest absolute Gasteiger partial charge is 0.252 e. The van der Waals surface area contributed by atoms with E-state index in [0.29, 0.717) is 36.0 Å². The van der Waals surface area contributed by atoms with Gasteiger partial charge in [-0.1, -0.05) is 89.9 Å². The van der Waals surface area contributed by atoms with Crippen molar-refractivity contribution in [3.05, 3.63) is 135 Å². The van der Waals surface area contributed by atoms with Gasteiger partial charge in [-0.15, -0.1) is 0 Å². The molecule has 234 valence electrons. The van der Waals surface area contributed by atoms with E-state index in [1.165, 1.54) is 12.1 Å². The number of hydrogen-bond donors (Lipinski definition) is 4. The van der Waals surface area contributed by atoms with Crippen molar-refractivity contribution in [2.45, 2.75) is 31.8 Å². The molecule has 0 fully saturated rings. The third-order valence-corrected chi connectivity index (χ3v) is 7.82. The molecule has 3 amide bonds. The molecule has 0 unspecified atom stereocenters. The molecule has 0 spiro atoms. The number of hydrogen-bond acceptors (Lipinski definition) is 5. The molecule has 0 saturated carbocycles. The number of benzene rings is 4. The van der Waals surface area contributed by atoms with Gasteiger partial charge < -0.3 is 26.4 Å². The van der Waals surface area contributed by atoms with E-state index in [1.54, 1.807) is 30.3 Å². The Hall–Kier alpha value is -4.37. The molecule has 0 aliphatic carbocycles. The molecule has 0 bridgehead atoms. The Balaban J connectivity index is 1.49. The zero-order valence-corrected chi connectivity index (χ0v) is 26.4. The van der Waals surface area contributed by atoms with Gasteiger partial charge in [-0.3, -0.25) is 14.4 Å². The number of nitrogens with one attached hydrogen (secondary N) is 3. The van der Waals surface area contributed by atoms with Gasteiger partial charge in [-0.2, -0.15) is 0 Å². The first kappa shape index (κ1) is 33.5. The van der Waals surface area contributed by atoms with Gasteiger partial charge in [0.15, 0.2) is 0 Å². The molecule has 4 aromatic rings. The minimum absolute atomic E-state index is 0.0153. The summed E-state index contributed by atoms with van der Waals surface area (Å²) in [6, 6.07) is 28.7. The topological polar surface area (TPSA) is 123 Å². The third kappa shape index (κ3) is 9.56. The van der Waals surface area contributed by atoms with Crippen LogP contribution >= 0.6 is 23.2 Å². The van der Waals surface area contributed by atoms with Gasteiger partial charge in [-0.25, -0.2) is 0 Å². The molecule has 4 rings (SSSR count). The van der Waals surface area contributed by atoms with E-state index in [9.17, 15) is 14.4 Å². The van der Waals surface area contributed by atoms with Crippen LogP contribution in [0.15, 0.2) is 97.1 Å². The van der Waals surface area contributed by atoms with Gasteiger partial charge in [0, 0.05) is 31.2 Å². The Morgan fingerprint density at radius 2 is 1.33 bits per heavy atom. The van der Waals surface area contributed by atoms with Crippen LogP contribution in [0.25, 0.3) is 0 Å². The van der Waals surface area contributed by atoms with Gasteiger partial charge in [0.25, 0.3) is 5.91 Å². The fourth-order valence-corrected chi connectivity index (χ4v) is 5.26. The van der Waals surface area contributed by atoms with Crippen molar-refractivity contribution >= 4 is 40.9 Å². The van der Waals surface area contributed by atoms with Crippen molar-refractivity contribution in [2.24, 2.45) is 5.73 Å². The fraction of sp³-hybridized carbons (Fsp3) is 0.229. The van der Waals surface area contributed by atoms with Gasteiger partial charge in [0.1, 0.15) is 5.75 Å². The lowest BCUT2D eigenvalue weighted by Crippen LogP contribution is -2.41. The minimum Gasteiger partial charge on any atom is -0.494 e. The Kier molecular flexibility index (Phi) is 12.4. The van der Waals surface area contributed by atoms with Crippen molar-refractivity contribution in [1.82, 2.24) is 16.0 Å². The lowest BCUT2D eigenvalue weighted by Gasteiger charge is -2.22. The van der Waals surface area contributed by atoms with Gasteiger partial charge in [0.05, 0.1) is 29.0 Å². The predicted octanol–water partition coefficient (Wildman–Crippen LogP) is 5.58. The lowest BCUT2D eigenvalue weighted by molar-refractivity contribution is -0.124. The Bertz CT molecular complexity index is 1580. The second kappa shape index (κ2) is 16.6. The van der Waals surface area contributed by atoms with E-state index in [-0.39, 0.29) is 35.5 Å². The van der Waals surface area contributed by atoms with Crippen LogP contribution in [0.1, 0.15) is 51.4 Å². The van der Waals surface area contributed by atoms with Crippen LogP contribution in [0.5, 0.6) is 5.75 Å². The van der Waals surface area contributed by atoms with E-state index in [0.717, 1.165) is 16.7 Å². The van der Waals surface area contributed by atoms with Crippen LogP contribution in [0.4, 0.5) is 0 Å². The standard InChI is InChI=1S/C35H36Cl2N4O4/c1-2-45-28-15-12-26(13-16-28)31(22-40-33(42)29-17-14-27(36)18-32(29)37)35(44)41-21-30(25-6-4-3-5-7-25)34(43)39-20-24-10-8-23(19-38)9-11-24/h3-18,30-31H,2,19-22,38H2,1H3,(H,39,43)(H,40,42)(H,41,44)/t30-,31+/m0/s1. The highest BCUT2D eigenvalue weighted by molar-refractivity contribution is 6.36. The van der Waals surface area contributed by atoms with Crippen LogP contribution in [-0.2, 0) is 22.7 Å². The predicted molar refractivity (Wildman–Crippen MR) is 178 cm³/mol. The molecule has 0 aliphatic heterocycles. The second-order valence-corrected chi connectivity index (χ2v) is 11.2. The monoisotopic (exact) mass is 646 g/mol. The molecular formula is C35H36Cl2N4O4. The summed E-state index contributed by atoms with van der Waals surface area (Å²) in [6.45, 7) is 3.19. The zero-order valence-electron chi connectivity index (χ0n) is 24.9. The summed E-state index contributed by atoms with van der Waals surface area (Å²) in [5, 5.41) is 9.38. The van der Waals surface area contributed by atoms with Crippen molar-refractivity contribution < 1.29 is 19.1 Å². The van der Waals surface area contributed by atoms with E-state index in [4.69, 9.17) is 33.7 Å². The summed E-state index contributed by atoms with van der Waals surface area (Å²) in [7, 11) is 0. The van der Waals surface area contributed by atoms with Crippen molar-refractivity contribution in [3.63, 3.8) is 0 Å². The molecule has 45 heavy (non-hydrogen) atoms. The molecule has 0 aromatic heterocycles. The van der Waals surface area contributed by atoms with Crippen LogP contribution in [-0.4, -0.2) is 37.4 Å². The number of halogens is 2. The van der Waals surface area contributed by atoms with Crippen molar-refractivity contribution in [2.75, 3.05) is 19.7 Å². The Morgan fingerprint density at radius 3 is 1.96 bits per heavy atom. The number of carbonyl (C=O) groups excluding carboxylic acids is 3. The maximum atomic E-state index is 13.7. The first-order valence-electron chi connectivity index (χ1n) is 14.6. The summed E-state index contributed by atoms with van der Waals surface area (Å²) < 4.78 is 5.55. The quantitative estimate of drug-likeness (QED) is 0.142. The molecule has 10 heteroatoms. The molecule has 4 aromatic carbocycles. The average Bonchev–Trinajstić information content (AvgIpc) is 3.05. The second-order valence-electron chi connectivity index (χ2n) is 10.3. The van der Waals surface area contributed by atoms with Crippen LogP contribution in [0, 0.1) is 0 Å². The molecule has 5 N–H and O–H groups in total. The average molecular weight is 648 g/mol. The lowest BCUT2D eigenvalue weighted by atomic mass is 9.95. The third-order valence-electron chi connectivity index (χ3n) is 7.28. The largest absolute Gasteiger partial charge is 0.494 e. The highest BCUT2D eigenvalue weighted by atomic mass is 35.5. The molecule has 2 atom stereocenters. The maximum Gasteiger partial charge on any atom is 0.252 e. The fourth-order valence-electron chi connectivity index (χ4n) is 4.77. The van der Waals surface area contributed by atoms with Crippen LogP contribution in [0.2, 0.25) is 10.0 Å². The van der Waals surface area contributed by atoms with Gasteiger partial charge >= 0.3 is 0 Å². The highest BCUT2D eigenvalue weighted by Gasteiger charge is 2.26. The highest BCUT2D eigenvalue weighted by Crippen LogP contribution is 2.23. The minimum atomic E-state index is -0.767. The zero-order chi connectivity index (χ0) is 32.2. The first-order chi connectivity index (χ1) is 21.8. The summed E-state index contributed by atoms with van der Waals surface area (Å²) >= 11 is 12.2. The van der Waals surface area contributed by atoms with Gasteiger partial charge in [0.2, 0.25) is 11.8 Å². The molecule has 8 nitrogen and oxygen atoms in total. The number of ether oxygens (including phenoxy) is 1. The Labute approximate surface area is 273 Å². The SMILES string of the molecule is CCOc1ccc([C@@H](CNC(=O)c2ccc(Cl)cc2Cl)C(=O)NC[C@H](C(=O)NCc2ccc(CN)cc2)c2ccccc2)cc1. The van der Waals surface area contributed by atoms with Crippen LogP contribution < -0.4 is 26.4 Å². The molecule has 0 aliphatic rings. The van der Waals surface area contributed by atoms with E-state index >= 15 is 0 Å². The number of carbonyl (C=O) groups is 3. The molecular weight excluding hydrogens is 611 g/mol. The first-order valence-corrected chi connectivity index (χ1v) is 15.4. The number of nitrogens with two attached hydrogens (primary N) is 1. The summed E-state index contributed by atoms with van der Waals surface area (Å²) in [5.41, 5.74) is 9.30. The van der Waals surface area contributed by atoms with E-state index in [2.05, 4.69) is 16.0 Å². The molecule has 0 saturated heterocycles. The normalized spacial score (nSPS) is 12.1. The van der Waals surface area contributed by atoms with Crippen molar-refractivity contribution in [1.29, 1.82) is 0 Å². The van der Waals surface area contributed by atoms with Gasteiger partial charge in [-0.05, 0) is 59.5 Å². The van der Waals surface area contributed by atoms with Crippen molar-refractivity contribution in [3.8, 4) is 5.75 Å². The van der Waals surface area contributed by atoms with E-state index < -0.39 is 17.7 Å². The van der Waals surface area contributed by atoms with Crippen LogP contribution in [0.3, 0.4) is 0 Å². The Morgan fingerprint density at radius 1 is 0.733 bits per heavy atom. The maximum absolute atomic E-state index is 13.7. The summed E-state index contributed by atoms with van der Waals surface area (Å²) in [4.78, 5) is 40.2.